The molecule has 21 heavy (non-hydrogen) atoms. The van der Waals surface area contributed by atoms with Crippen molar-refractivity contribution < 1.29 is 9.72 Å². The molecule has 0 unspecified atom stereocenters. The van der Waals surface area contributed by atoms with Crippen molar-refractivity contribution in [1.29, 1.82) is 0 Å². The van der Waals surface area contributed by atoms with E-state index in [-0.39, 0.29) is 11.6 Å². The van der Waals surface area contributed by atoms with Crippen LogP contribution in [-0.4, -0.2) is 15.8 Å². The molecule has 1 fully saturated rings. The molecule has 1 heterocycles. The molecule has 2 rings (SSSR count). The van der Waals surface area contributed by atoms with Crippen LogP contribution in [0.5, 0.6) is 0 Å². The summed E-state index contributed by atoms with van der Waals surface area (Å²) >= 11 is 0. The first-order valence-corrected chi connectivity index (χ1v) is 7.30. The SMILES string of the molecule is O=C(CCC1CCCCC1)NNc1ccc([N+](=O)[O-])cn1. The number of hydrazine groups is 1. The fourth-order valence-electron chi connectivity index (χ4n) is 2.58. The lowest BCUT2D eigenvalue weighted by Gasteiger charge is -2.21. The van der Waals surface area contributed by atoms with E-state index in [1.165, 1.54) is 44.2 Å². The number of rotatable bonds is 6. The second-order valence-electron chi connectivity index (χ2n) is 5.37. The smallest absolute Gasteiger partial charge is 0.282 e. The lowest BCUT2D eigenvalue weighted by Crippen LogP contribution is -2.30. The van der Waals surface area contributed by atoms with Gasteiger partial charge in [0.15, 0.2) is 0 Å². The van der Waals surface area contributed by atoms with Crippen LogP contribution < -0.4 is 10.9 Å². The van der Waals surface area contributed by atoms with Crippen LogP contribution in [0.15, 0.2) is 18.3 Å². The Bertz CT molecular complexity index is 483. The number of amides is 1. The van der Waals surface area contributed by atoms with E-state index in [1.807, 2.05) is 0 Å². The Morgan fingerprint density at radius 2 is 2.10 bits per heavy atom. The van der Waals surface area contributed by atoms with Crippen molar-refractivity contribution in [2.45, 2.75) is 44.9 Å². The summed E-state index contributed by atoms with van der Waals surface area (Å²) in [4.78, 5) is 25.6. The predicted octanol–water partition coefficient (Wildman–Crippen LogP) is 2.79. The van der Waals surface area contributed by atoms with Crippen LogP contribution >= 0.6 is 0 Å². The summed E-state index contributed by atoms with van der Waals surface area (Å²) in [6.45, 7) is 0. The molecular formula is C14H20N4O3. The van der Waals surface area contributed by atoms with Crippen LogP contribution in [-0.2, 0) is 4.79 Å². The van der Waals surface area contributed by atoms with Gasteiger partial charge in [-0.15, -0.1) is 0 Å². The Balaban J connectivity index is 1.69. The van der Waals surface area contributed by atoms with Gasteiger partial charge >= 0.3 is 0 Å². The number of nitrogens with zero attached hydrogens (tertiary/aromatic N) is 2. The van der Waals surface area contributed by atoms with Crippen molar-refractivity contribution in [3.05, 3.63) is 28.4 Å². The molecule has 1 aromatic heterocycles. The lowest BCUT2D eigenvalue weighted by molar-refractivity contribution is -0.385. The van der Waals surface area contributed by atoms with E-state index in [9.17, 15) is 14.9 Å². The second kappa shape index (κ2) is 7.56. The van der Waals surface area contributed by atoms with Crippen molar-refractivity contribution in [3.8, 4) is 0 Å². The molecular weight excluding hydrogens is 272 g/mol. The molecule has 7 nitrogen and oxygen atoms in total. The predicted molar refractivity (Wildman–Crippen MR) is 78.5 cm³/mol. The van der Waals surface area contributed by atoms with Crippen LogP contribution in [0.4, 0.5) is 11.5 Å². The van der Waals surface area contributed by atoms with Crippen molar-refractivity contribution in [3.63, 3.8) is 0 Å². The van der Waals surface area contributed by atoms with Gasteiger partial charge in [0.2, 0.25) is 5.91 Å². The molecule has 0 radical (unpaired) electrons. The fraction of sp³-hybridized carbons (Fsp3) is 0.571. The zero-order valence-electron chi connectivity index (χ0n) is 11.9. The highest BCUT2D eigenvalue weighted by Crippen LogP contribution is 2.27. The van der Waals surface area contributed by atoms with Crippen molar-refractivity contribution in [2.75, 3.05) is 5.43 Å². The monoisotopic (exact) mass is 292 g/mol. The van der Waals surface area contributed by atoms with Gasteiger partial charge in [0.1, 0.15) is 12.0 Å². The molecule has 0 atom stereocenters. The zero-order valence-corrected chi connectivity index (χ0v) is 11.9. The molecule has 1 amide bonds. The number of aromatic nitrogens is 1. The van der Waals surface area contributed by atoms with E-state index in [2.05, 4.69) is 15.8 Å². The third kappa shape index (κ3) is 5.02. The molecule has 0 spiro atoms. The van der Waals surface area contributed by atoms with E-state index in [0.29, 0.717) is 18.2 Å². The highest BCUT2D eigenvalue weighted by molar-refractivity contribution is 5.77. The summed E-state index contributed by atoms with van der Waals surface area (Å²) in [5, 5.41) is 10.5. The average Bonchev–Trinajstić information content (AvgIpc) is 2.52. The average molecular weight is 292 g/mol. The highest BCUT2D eigenvalue weighted by atomic mass is 16.6. The number of anilines is 1. The number of hydrogen-bond donors (Lipinski definition) is 2. The van der Waals surface area contributed by atoms with Gasteiger partial charge in [0.05, 0.1) is 4.92 Å². The Morgan fingerprint density at radius 1 is 1.33 bits per heavy atom. The van der Waals surface area contributed by atoms with Gasteiger partial charge in [-0.2, -0.15) is 0 Å². The van der Waals surface area contributed by atoms with Gasteiger partial charge in [-0.3, -0.25) is 25.8 Å². The number of carbonyl (C=O) groups excluding carboxylic acids is 1. The molecule has 1 aliphatic rings. The summed E-state index contributed by atoms with van der Waals surface area (Å²) in [5.74, 6) is 0.967. The first-order valence-electron chi connectivity index (χ1n) is 7.30. The maximum Gasteiger partial charge on any atom is 0.287 e. The summed E-state index contributed by atoms with van der Waals surface area (Å²) in [6.07, 6.45) is 8.88. The molecule has 2 N–H and O–H groups in total. The van der Waals surface area contributed by atoms with Crippen LogP contribution in [0, 0.1) is 16.0 Å². The van der Waals surface area contributed by atoms with Gasteiger partial charge in [0, 0.05) is 12.5 Å². The summed E-state index contributed by atoms with van der Waals surface area (Å²) in [7, 11) is 0. The Labute approximate surface area is 123 Å². The summed E-state index contributed by atoms with van der Waals surface area (Å²) < 4.78 is 0. The van der Waals surface area contributed by atoms with Crippen molar-refractivity contribution in [1.82, 2.24) is 10.4 Å². The molecule has 0 bridgehead atoms. The van der Waals surface area contributed by atoms with Crippen molar-refractivity contribution >= 4 is 17.4 Å². The van der Waals surface area contributed by atoms with E-state index >= 15 is 0 Å². The third-order valence-electron chi connectivity index (χ3n) is 3.79. The maximum atomic E-state index is 11.7. The molecule has 1 aliphatic carbocycles. The number of pyridine rings is 1. The van der Waals surface area contributed by atoms with Gasteiger partial charge in [-0.25, -0.2) is 4.98 Å². The fourth-order valence-corrected chi connectivity index (χ4v) is 2.58. The second-order valence-corrected chi connectivity index (χ2v) is 5.37. The van der Waals surface area contributed by atoms with E-state index in [1.54, 1.807) is 0 Å². The molecule has 0 saturated heterocycles. The van der Waals surface area contributed by atoms with E-state index in [4.69, 9.17) is 0 Å². The summed E-state index contributed by atoms with van der Waals surface area (Å²) in [5.41, 5.74) is 5.15. The first-order chi connectivity index (χ1) is 10.1. The van der Waals surface area contributed by atoms with E-state index < -0.39 is 4.92 Å². The molecule has 1 saturated carbocycles. The lowest BCUT2D eigenvalue weighted by atomic mass is 9.86. The van der Waals surface area contributed by atoms with E-state index in [0.717, 1.165) is 12.6 Å². The topological polar surface area (TPSA) is 97.2 Å². The quantitative estimate of drug-likeness (QED) is 0.620. The molecule has 0 aliphatic heterocycles. The number of hydrogen-bond acceptors (Lipinski definition) is 5. The first kappa shape index (κ1) is 15.2. The molecule has 7 heteroatoms. The number of nitrogens with one attached hydrogen (secondary N) is 2. The number of nitro groups is 1. The Kier molecular flexibility index (Phi) is 5.48. The van der Waals surface area contributed by atoms with Gasteiger partial charge in [-0.1, -0.05) is 32.1 Å². The molecule has 1 aromatic rings. The molecule has 0 aromatic carbocycles. The minimum atomic E-state index is -0.514. The highest BCUT2D eigenvalue weighted by Gasteiger charge is 2.14. The van der Waals surface area contributed by atoms with Crippen LogP contribution in [0.3, 0.4) is 0 Å². The van der Waals surface area contributed by atoms with Gasteiger partial charge in [-0.05, 0) is 18.4 Å². The van der Waals surface area contributed by atoms with Crippen LogP contribution in [0.25, 0.3) is 0 Å². The van der Waals surface area contributed by atoms with Crippen molar-refractivity contribution in [2.24, 2.45) is 5.92 Å². The van der Waals surface area contributed by atoms with Crippen LogP contribution in [0.1, 0.15) is 44.9 Å². The standard InChI is InChI=1S/C14H20N4O3/c19-14(9-6-11-4-2-1-3-5-11)17-16-13-8-7-12(10-15-13)18(20)21/h7-8,10-11H,1-6,9H2,(H,15,16)(H,17,19). The molecule has 114 valence electrons. The minimum Gasteiger partial charge on any atom is -0.282 e. The van der Waals surface area contributed by atoms with Crippen LogP contribution in [0.2, 0.25) is 0 Å². The Morgan fingerprint density at radius 3 is 2.71 bits per heavy atom. The number of carbonyl (C=O) groups is 1. The maximum absolute atomic E-state index is 11.7. The summed E-state index contributed by atoms with van der Waals surface area (Å²) in [6, 6.07) is 2.79. The van der Waals surface area contributed by atoms with Gasteiger partial charge < -0.3 is 0 Å². The third-order valence-corrected chi connectivity index (χ3v) is 3.79. The largest absolute Gasteiger partial charge is 0.287 e. The normalized spacial score (nSPS) is 15.4. The van der Waals surface area contributed by atoms with Gasteiger partial charge in [0.25, 0.3) is 5.69 Å². The zero-order chi connectivity index (χ0) is 15.1. The Hall–Kier alpha value is -2.18. The minimum absolute atomic E-state index is 0.0795.